The number of ether oxygens (including phenoxy) is 1. The summed E-state index contributed by atoms with van der Waals surface area (Å²) in [6.07, 6.45) is 1.85. The summed E-state index contributed by atoms with van der Waals surface area (Å²) in [5.41, 5.74) is 1.18. The van der Waals surface area contributed by atoms with Gasteiger partial charge < -0.3 is 15.0 Å². The number of nitrogens with zero attached hydrogens (tertiary/aromatic N) is 2. The molecule has 1 rings (SSSR count). The van der Waals surface area contributed by atoms with E-state index in [-0.39, 0.29) is 0 Å². The van der Waals surface area contributed by atoms with Gasteiger partial charge in [-0.1, -0.05) is 19.9 Å². The fourth-order valence-corrected chi connectivity index (χ4v) is 2.02. The van der Waals surface area contributed by atoms with Crippen molar-refractivity contribution in [2.24, 2.45) is 5.92 Å². The molecule has 0 aliphatic rings. The molecule has 0 spiro atoms. The van der Waals surface area contributed by atoms with Crippen LogP contribution in [0.2, 0.25) is 0 Å². The Morgan fingerprint density at radius 3 is 2.50 bits per heavy atom. The van der Waals surface area contributed by atoms with Crippen LogP contribution < -0.4 is 10.1 Å². The van der Waals surface area contributed by atoms with Gasteiger partial charge in [0.15, 0.2) is 0 Å². The van der Waals surface area contributed by atoms with Gasteiger partial charge in [-0.05, 0) is 25.6 Å². The molecule has 1 atom stereocenters. The standard InChI is InChI=1S/C14H25N3O/c1-11(2)13(17(3)4)10-15-8-12-6-7-14(18-5)16-9-12/h6-7,9,11,13,15H,8,10H2,1-5H3. The first-order valence-corrected chi connectivity index (χ1v) is 6.40. The van der Waals surface area contributed by atoms with Gasteiger partial charge in [0.05, 0.1) is 7.11 Å². The van der Waals surface area contributed by atoms with Crippen molar-refractivity contribution in [2.45, 2.75) is 26.4 Å². The Kier molecular flexibility index (Phi) is 6.09. The van der Waals surface area contributed by atoms with Crippen molar-refractivity contribution in [2.75, 3.05) is 27.7 Å². The van der Waals surface area contributed by atoms with E-state index < -0.39 is 0 Å². The third-order valence-electron chi connectivity index (χ3n) is 3.12. The number of rotatable bonds is 7. The zero-order valence-corrected chi connectivity index (χ0v) is 12.1. The van der Waals surface area contributed by atoms with E-state index in [9.17, 15) is 0 Å². The fourth-order valence-electron chi connectivity index (χ4n) is 2.02. The number of hydrogen-bond donors (Lipinski definition) is 1. The van der Waals surface area contributed by atoms with Crippen molar-refractivity contribution in [3.05, 3.63) is 23.9 Å². The molecule has 0 aromatic carbocycles. The molecule has 1 N–H and O–H groups in total. The molecule has 1 unspecified atom stereocenters. The normalized spacial score (nSPS) is 13.1. The van der Waals surface area contributed by atoms with E-state index in [1.54, 1.807) is 7.11 Å². The van der Waals surface area contributed by atoms with Crippen molar-refractivity contribution in [1.29, 1.82) is 0 Å². The van der Waals surface area contributed by atoms with Crippen LogP contribution in [0.5, 0.6) is 5.88 Å². The van der Waals surface area contributed by atoms with Gasteiger partial charge in [0, 0.05) is 31.4 Å². The molecule has 0 fully saturated rings. The molecular formula is C14H25N3O. The number of methoxy groups -OCH3 is 1. The number of likely N-dealkylation sites (N-methyl/N-ethyl adjacent to an activating group) is 1. The first-order chi connectivity index (χ1) is 8.54. The molecule has 4 nitrogen and oxygen atoms in total. The first kappa shape index (κ1) is 14.9. The van der Waals surface area contributed by atoms with Crippen LogP contribution in [0, 0.1) is 5.92 Å². The summed E-state index contributed by atoms with van der Waals surface area (Å²) in [5, 5.41) is 3.48. The second-order valence-electron chi connectivity index (χ2n) is 5.11. The molecule has 0 bridgehead atoms. The van der Waals surface area contributed by atoms with Crippen LogP contribution in [-0.4, -0.2) is 43.7 Å². The lowest BCUT2D eigenvalue weighted by molar-refractivity contribution is 0.224. The van der Waals surface area contributed by atoms with Crippen LogP contribution in [0.3, 0.4) is 0 Å². The third kappa shape index (κ3) is 4.63. The highest BCUT2D eigenvalue weighted by molar-refractivity contribution is 5.17. The van der Waals surface area contributed by atoms with Gasteiger partial charge in [0.1, 0.15) is 0 Å². The van der Waals surface area contributed by atoms with Gasteiger partial charge in [-0.25, -0.2) is 4.98 Å². The van der Waals surface area contributed by atoms with E-state index in [1.165, 1.54) is 5.56 Å². The zero-order chi connectivity index (χ0) is 13.5. The molecule has 1 heterocycles. The highest BCUT2D eigenvalue weighted by atomic mass is 16.5. The van der Waals surface area contributed by atoms with Gasteiger partial charge in [-0.15, -0.1) is 0 Å². The topological polar surface area (TPSA) is 37.4 Å². The summed E-state index contributed by atoms with van der Waals surface area (Å²) in [5.74, 6) is 1.30. The largest absolute Gasteiger partial charge is 0.481 e. The van der Waals surface area contributed by atoms with Gasteiger partial charge in [-0.2, -0.15) is 0 Å². The molecule has 102 valence electrons. The predicted octanol–water partition coefficient (Wildman–Crippen LogP) is 1.77. The molecule has 0 saturated heterocycles. The molecule has 0 aliphatic heterocycles. The van der Waals surface area contributed by atoms with Crippen molar-refractivity contribution in [1.82, 2.24) is 15.2 Å². The van der Waals surface area contributed by atoms with E-state index >= 15 is 0 Å². The van der Waals surface area contributed by atoms with Crippen LogP contribution in [0.25, 0.3) is 0 Å². The van der Waals surface area contributed by atoms with Crippen LogP contribution in [-0.2, 0) is 6.54 Å². The van der Waals surface area contributed by atoms with Gasteiger partial charge in [-0.3, -0.25) is 0 Å². The Balaban J connectivity index is 2.40. The number of aromatic nitrogens is 1. The second kappa shape index (κ2) is 7.34. The monoisotopic (exact) mass is 251 g/mol. The van der Waals surface area contributed by atoms with Crippen molar-refractivity contribution >= 4 is 0 Å². The maximum atomic E-state index is 5.04. The van der Waals surface area contributed by atoms with Gasteiger partial charge in [0.25, 0.3) is 0 Å². The van der Waals surface area contributed by atoms with Crippen LogP contribution in [0.15, 0.2) is 18.3 Å². The maximum Gasteiger partial charge on any atom is 0.212 e. The zero-order valence-electron chi connectivity index (χ0n) is 12.1. The number of pyridine rings is 1. The van der Waals surface area contributed by atoms with Crippen molar-refractivity contribution < 1.29 is 4.74 Å². The Hall–Kier alpha value is -1.13. The smallest absolute Gasteiger partial charge is 0.212 e. The highest BCUT2D eigenvalue weighted by Gasteiger charge is 2.14. The molecule has 18 heavy (non-hydrogen) atoms. The van der Waals surface area contributed by atoms with Crippen molar-refractivity contribution in [3.63, 3.8) is 0 Å². The summed E-state index contributed by atoms with van der Waals surface area (Å²) in [6.45, 7) is 6.33. The lowest BCUT2D eigenvalue weighted by Crippen LogP contribution is -2.41. The Bertz CT molecular complexity index is 327. The predicted molar refractivity (Wildman–Crippen MR) is 74.8 cm³/mol. The summed E-state index contributed by atoms with van der Waals surface area (Å²) in [6, 6.07) is 4.48. The first-order valence-electron chi connectivity index (χ1n) is 6.40. The number of nitrogens with one attached hydrogen (secondary N) is 1. The Labute approximate surface area is 110 Å². The minimum atomic E-state index is 0.552. The van der Waals surface area contributed by atoms with Crippen LogP contribution >= 0.6 is 0 Å². The third-order valence-corrected chi connectivity index (χ3v) is 3.12. The molecule has 0 aliphatic carbocycles. The average molecular weight is 251 g/mol. The Morgan fingerprint density at radius 1 is 1.33 bits per heavy atom. The minimum absolute atomic E-state index is 0.552. The van der Waals surface area contributed by atoms with E-state index in [2.05, 4.69) is 43.1 Å². The summed E-state index contributed by atoms with van der Waals surface area (Å²) >= 11 is 0. The van der Waals surface area contributed by atoms with E-state index in [0.717, 1.165) is 13.1 Å². The van der Waals surface area contributed by atoms with Crippen LogP contribution in [0.4, 0.5) is 0 Å². The van der Waals surface area contributed by atoms with E-state index in [0.29, 0.717) is 17.8 Å². The average Bonchev–Trinajstić information content (AvgIpc) is 2.34. The fraction of sp³-hybridized carbons (Fsp3) is 0.643. The van der Waals surface area contributed by atoms with E-state index in [1.807, 2.05) is 18.3 Å². The van der Waals surface area contributed by atoms with Crippen molar-refractivity contribution in [3.8, 4) is 5.88 Å². The maximum absolute atomic E-state index is 5.04. The lowest BCUT2D eigenvalue weighted by Gasteiger charge is -2.28. The van der Waals surface area contributed by atoms with Gasteiger partial charge in [0.2, 0.25) is 5.88 Å². The molecule has 0 saturated carbocycles. The molecule has 1 aromatic heterocycles. The summed E-state index contributed by atoms with van der Waals surface area (Å²) < 4.78 is 5.04. The molecule has 1 aromatic rings. The highest BCUT2D eigenvalue weighted by Crippen LogP contribution is 2.08. The molecular weight excluding hydrogens is 226 g/mol. The Morgan fingerprint density at radius 2 is 2.06 bits per heavy atom. The molecule has 0 amide bonds. The number of hydrogen-bond acceptors (Lipinski definition) is 4. The summed E-state index contributed by atoms with van der Waals surface area (Å²) in [4.78, 5) is 6.46. The molecule has 0 radical (unpaired) electrons. The van der Waals surface area contributed by atoms with Crippen LogP contribution in [0.1, 0.15) is 19.4 Å². The summed E-state index contributed by atoms with van der Waals surface area (Å²) in [7, 11) is 5.88. The van der Waals surface area contributed by atoms with E-state index in [4.69, 9.17) is 4.74 Å². The molecule has 4 heteroatoms. The van der Waals surface area contributed by atoms with Gasteiger partial charge >= 0.3 is 0 Å². The SMILES string of the molecule is COc1ccc(CNCC(C(C)C)N(C)C)cn1. The lowest BCUT2D eigenvalue weighted by atomic mass is 10.0. The second-order valence-corrected chi connectivity index (χ2v) is 5.11. The quantitative estimate of drug-likeness (QED) is 0.801. The minimum Gasteiger partial charge on any atom is -0.481 e.